The van der Waals surface area contributed by atoms with Gasteiger partial charge in [-0.2, -0.15) is 0 Å². The van der Waals surface area contributed by atoms with Gasteiger partial charge in [0.1, 0.15) is 6.61 Å². The first-order valence-corrected chi connectivity index (χ1v) is 8.97. The number of carbonyl (C=O) groups is 2. The highest BCUT2D eigenvalue weighted by atomic mass is 32.1. The highest BCUT2D eigenvalue weighted by molar-refractivity contribution is 7.15. The Morgan fingerprint density at radius 1 is 1.27 bits per heavy atom. The minimum Gasteiger partial charge on any atom is -0.456 e. The summed E-state index contributed by atoms with van der Waals surface area (Å²) in [6.07, 6.45) is 2.86. The van der Waals surface area contributed by atoms with Crippen LogP contribution in [0, 0.1) is 0 Å². The van der Waals surface area contributed by atoms with Crippen molar-refractivity contribution in [2.45, 2.75) is 26.4 Å². The van der Waals surface area contributed by atoms with Crippen LogP contribution < -0.4 is 10.9 Å². The van der Waals surface area contributed by atoms with E-state index < -0.39 is 5.97 Å². The van der Waals surface area contributed by atoms with Crippen LogP contribution in [0.15, 0.2) is 46.7 Å². The Hall–Kier alpha value is -3.00. The number of ether oxygens (including phenoxy) is 1. The average Bonchev–Trinajstić information content (AvgIpc) is 3.10. The smallest absolute Gasteiger partial charge is 0.338 e. The largest absolute Gasteiger partial charge is 0.456 e. The van der Waals surface area contributed by atoms with Crippen LogP contribution in [0.2, 0.25) is 0 Å². The second-order valence-electron chi connectivity index (χ2n) is 5.59. The fraction of sp³-hybridized carbons (Fsp3) is 0.222. The predicted molar refractivity (Wildman–Crippen MR) is 98.4 cm³/mol. The molecule has 0 aliphatic heterocycles. The van der Waals surface area contributed by atoms with Crippen molar-refractivity contribution in [3.05, 3.63) is 63.5 Å². The lowest BCUT2D eigenvalue weighted by atomic mass is 10.2. The number of fused-ring (bicyclic) bond motifs is 1. The lowest BCUT2D eigenvalue weighted by Crippen LogP contribution is -2.14. The number of hydrogen-bond donors (Lipinski definition) is 1. The third-order valence-electron chi connectivity index (χ3n) is 3.59. The molecule has 0 unspecified atom stereocenters. The molecule has 26 heavy (non-hydrogen) atoms. The van der Waals surface area contributed by atoms with Gasteiger partial charge >= 0.3 is 5.97 Å². The lowest BCUT2D eigenvalue weighted by molar-refractivity contribution is -0.116. The fourth-order valence-electron chi connectivity index (χ4n) is 2.32. The van der Waals surface area contributed by atoms with E-state index in [0.717, 1.165) is 6.42 Å². The summed E-state index contributed by atoms with van der Waals surface area (Å²) >= 11 is 1.33. The molecule has 2 aromatic heterocycles. The van der Waals surface area contributed by atoms with Gasteiger partial charge in [-0.3, -0.25) is 14.0 Å². The summed E-state index contributed by atoms with van der Waals surface area (Å²) in [4.78, 5) is 40.4. The number of hydrogen-bond acceptors (Lipinski definition) is 6. The summed E-state index contributed by atoms with van der Waals surface area (Å²) in [6, 6.07) is 7.79. The third kappa shape index (κ3) is 4.15. The van der Waals surface area contributed by atoms with E-state index in [1.807, 2.05) is 6.92 Å². The number of nitrogens with zero attached hydrogens (tertiary/aromatic N) is 2. The normalized spacial score (nSPS) is 10.7. The first-order valence-electron chi connectivity index (χ1n) is 8.09. The van der Waals surface area contributed by atoms with Crippen LogP contribution in [0.5, 0.6) is 0 Å². The maximum Gasteiger partial charge on any atom is 0.338 e. The molecule has 134 valence electrons. The first kappa shape index (κ1) is 17.8. The molecule has 2 heterocycles. The minimum atomic E-state index is -0.524. The fourth-order valence-corrected chi connectivity index (χ4v) is 3.06. The predicted octanol–water partition coefficient (Wildman–Crippen LogP) is 2.85. The number of esters is 1. The van der Waals surface area contributed by atoms with Gasteiger partial charge < -0.3 is 10.1 Å². The Morgan fingerprint density at radius 2 is 2.04 bits per heavy atom. The summed E-state index contributed by atoms with van der Waals surface area (Å²) in [5.41, 5.74) is 1.16. The Labute approximate surface area is 153 Å². The van der Waals surface area contributed by atoms with E-state index in [9.17, 15) is 14.4 Å². The number of rotatable bonds is 6. The van der Waals surface area contributed by atoms with Crippen molar-refractivity contribution in [1.82, 2.24) is 9.38 Å². The van der Waals surface area contributed by atoms with Crippen LogP contribution in [-0.2, 0) is 16.1 Å². The second-order valence-corrected chi connectivity index (χ2v) is 6.47. The molecule has 0 radical (unpaired) electrons. The molecule has 1 N–H and O–H groups in total. The number of carbonyl (C=O) groups excluding carboxylic acids is 2. The molecule has 3 aromatic rings. The van der Waals surface area contributed by atoms with Crippen molar-refractivity contribution in [3.8, 4) is 0 Å². The maximum atomic E-state index is 12.1. The summed E-state index contributed by atoms with van der Waals surface area (Å²) < 4.78 is 6.65. The number of anilines is 1. The number of nitrogens with one attached hydrogen (secondary N) is 1. The van der Waals surface area contributed by atoms with Crippen molar-refractivity contribution < 1.29 is 14.3 Å². The molecule has 0 aliphatic rings. The van der Waals surface area contributed by atoms with Gasteiger partial charge in [0, 0.05) is 29.8 Å². The van der Waals surface area contributed by atoms with Gasteiger partial charge in [0.15, 0.2) is 4.96 Å². The third-order valence-corrected chi connectivity index (χ3v) is 4.35. The average molecular weight is 371 g/mol. The van der Waals surface area contributed by atoms with Gasteiger partial charge in [0.05, 0.1) is 11.3 Å². The number of amides is 1. The van der Waals surface area contributed by atoms with Gasteiger partial charge in [-0.25, -0.2) is 9.78 Å². The molecule has 1 aromatic carbocycles. The molecule has 0 spiro atoms. The van der Waals surface area contributed by atoms with Crippen LogP contribution in [-0.4, -0.2) is 21.3 Å². The van der Waals surface area contributed by atoms with Crippen molar-refractivity contribution in [1.29, 1.82) is 0 Å². The molecule has 0 fully saturated rings. The minimum absolute atomic E-state index is 0.0656. The molecule has 0 saturated carbocycles. The molecular formula is C18H17N3O4S. The number of benzene rings is 1. The van der Waals surface area contributed by atoms with E-state index in [0.29, 0.717) is 28.3 Å². The Kier molecular flexibility index (Phi) is 5.43. The van der Waals surface area contributed by atoms with Crippen molar-refractivity contribution in [2.24, 2.45) is 0 Å². The lowest BCUT2D eigenvalue weighted by Gasteiger charge is -2.07. The summed E-state index contributed by atoms with van der Waals surface area (Å²) in [7, 11) is 0. The Morgan fingerprint density at radius 3 is 2.77 bits per heavy atom. The Balaban J connectivity index is 1.62. The van der Waals surface area contributed by atoms with Crippen LogP contribution in [0.25, 0.3) is 4.96 Å². The van der Waals surface area contributed by atoms with Crippen LogP contribution in [0.4, 0.5) is 5.69 Å². The zero-order valence-corrected chi connectivity index (χ0v) is 14.9. The highest BCUT2D eigenvalue weighted by Crippen LogP contribution is 2.12. The maximum absolute atomic E-state index is 12.1. The van der Waals surface area contributed by atoms with E-state index >= 15 is 0 Å². The molecular weight excluding hydrogens is 354 g/mol. The van der Waals surface area contributed by atoms with Crippen molar-refractivity contribution in [2.75, 3.05) is 5.32 Å². The number of aromatic nitrogens is 2. The Bertz CT molecular complexity index is 992. The summed E-state index contributed by atoms with van der Waals surface area (Å²) in [5, 5.41) is 4.51. The first-order chi connectivity index (χ1) is 12.6. The molecule has 0 atom stereocenters. The van der Waals surface area contributed by atoms with E-state index in [1.165, 1.54) is 21.8 Å². The molecule has 8 heteroatoms. The monoisotopic (exact) mass is 371 g/mol. The van der Waals surface area contributed by atoms with Gasteiger partial charge in [-0.15, -0.1) is 11.3 Å². The topological polar surface area (TPSA) is 89.8 Å². The molecule has 7 nitrogen and oxygen atoms in total. The molecule has 0 saturated heterocycles. The highest BCUT2D eigenvalue weighted by Gasteiger charge is 2.10. The SMILES string of the molecule is CCCC(=O)Nc1ccc(C(=O)OCc2cc(=O)n3ccsc3n2)cc1. The van der Waals surface area contributed by atoms with E-state index in [-0.39, 0.29) is 18.1 Å². The zero-order valence-electron chi connectivity index (χ0n) is 14.1. The van der Waals surface area contributed by atoms with Gasteiger partial charge in [0.2, 0.25) is 5.91 Å². The van der Waals surface area contributed by atoms with Gasteiger partial charge in [0.25, 0.3) is 5.56 Å². The molecule has 0 aliphatic carbocycles. The molecule has 3 rings (SSSR count). The van der Waals surface area contributed by atoms with E-state index in [2.05, 4.69) is 10.3 Å². The van der Waals surface area contributed by atoms with Crippen LogP contribution >= 0.6 is 11.3 Å². The number of thiazole rings is 1. The molecule has 0 bridgehead atoms. The second kappa shape index (κ2) is 7.92. The van der Waals surface area contributed by atoms with Gasteiger partial charge in [-0.05, 0) is 30.7 Å². The standard InChI is InChI=1S/C18H17N3O4S/c1-2-3-15(22)19-13-6-4-12(5-7-13)17(24)25-11-14-10-16(23)21-8-9-26-18(21)20-14/h4-10H,2-3,11H2,1H3,(H,19,22). The van der Waals surface area contributed by atoms with Crippen molar-refractivity contribution >= 4 is 33.9 Å². The molecule has 1 amide bonds. The van der Waals surface area contributed by atoms with Gasteiger partial charge in [-0.1, -0.05) is 6.92 Å². The van der Waals surface area contributed by atoms with Crippen molar-refractivity contribution in [3.63, 3.8) is 0 Å². The quantitative estimate of drug-likeness (QED) is 0.673. The van der Waals surface area contributed by atoms with E-state index in [1.54, 1.807) is 35.8 Å². The summed E-state index contributed by atoms with van der Waals surface area (Å²) in [6.45, 7) is 1.84. The van der Waals surface area contributed by atoms with E-state index in [4.69, 9.17) is 4.74 Å². The van der Waals surface area contributed by atoms with Crippen LogP contribution in [0.3, 0.4) is 0 Å². The summed E-state index contributed by atoms with van der Waals surface area (Å²) in [5.74, 6) is -0.589. The van der Waals surface area contributed by atoms with Crippen LogP contribution in [0.1, 0.15) is 35.8 Å². The zero-order chi connectivity index (χ0) is 18.5.